The van der Waals surface area contributed by atoms with Crippen LogP contribution in [0.25, 0.3) is 5.57 Å². The highest BCUT2D eigenvalue weighted by Crippen LogP contribution is 2.24. The lowest BCUT2D eigenvalue weighted by Crippen LogP contribution is -2.28. The molecule has 21 heavy (non-hydrogen) atoms. The number of hydrogen-bond acceptors (Lipinski definition) is 5. The van der Waals surface area contributed by atoms with Crippen LogP contribution in [0, 0.1) is 18.3 Å². The minimum Gasteiger partial charge on any atom is -0.361 e. The number of aryl methyl sites for hydroxylation is 1. The number of rotatable bonds is 3. The Balaban J connectivity index is 1.95. The van der Waals surface area contributed by atoms with Crippen molar-refractivity contribution >= 4 is 11.5 Å². The Morgan fingerprint density at radius 2 is 2.29 bits per heavy atom. The third kappa shape index (κ3) is 2.79. The van der Waals surface area contributed by atoms with Gasteiger partial charge in [0.1, 0.15) is 11.6 Å². The van der Waals surface area contributed by atoms with Crippen molar-refractivity contribution in [1.82, 2.24) is 15.3 Å². The van der Waals surface area contributed by atoms with Crippen LogP contribution >= 0.6 is 0 Å². The lowest BCUT2D eigenvalue weighted by molar-refractivity contribution is 0.443. The molecule has 0 radical (unpaired) electrons. The van der Waals surface area contributed by atoms with Crippen LogP contribution in [0.4, 0.5) is 5.95 Å². The molecule has 1 aliphatic carbocycles. The topological polar surface area (TPSA) is 73.6 Å². The van der Waals surface area contributed by atoms with Crippen LogP contribution in [-0.2, 0) is 0 Å². The molecule has 0 spiro atoms. The van der Waals surface area contributed by atoms with Crippen molar-refractivity contribution in [3.8, 4) is 6.07 Å². The van der Waals surface area contributed by atoms with E-state index in [4.69, 9.17) is 0 Å². The molecule has 1 aromatic heterocycles. The Hall–Kier alpha value is -2.61. The van der Waals surface area contributed by atoms with Crippen LogP contribution in [0.5, 0.6) is 0 Å². The Morgan fingerprint density at radius 1 is 1.43 bits per heavy atom. The van der Waals surface area contributed by atoms with Gasteiger partial charge in [0.2, 0.25) is 5.95 Å². The molecule has 1 aliphatic heterocycles. The predicted molar refractivity (Wildman–Crippen MR) is 82.0 cm³/mol. The quantitative estimate of drug-likeness (QED) is 0.832. The summed E-state index contributed by atoms with van der Waals surface area (Å²) in [5.41, 5.74) is 2.86. The molecule has 1 fully saturated rings. The van der Waals surface area contributed by atoms with E-state index in [2.05, 4.69) is 26.7 Å². The number of nitrogens with one attached hydrogen (secondary N) is 2. The lowest BCUT2D eigenvalue weighted by Gasteiger charge is -2.26. The number of anilines is 1. The molecule has 5 nitrogen and oxygen atoms in total. The van der Waals surface area contributed by atoms with Crippen molar-refractivity contribution in [1.29, 1.82) is 5.26 Å². The summed E-state index contributed by atoms with van der Waals surface area (Å²) < 4.78 is 0. The van der Waals surface area contributed by atoms with Crippen LogP contribution in [0.15, 0.2) is 36.3 Å². The molecular weight excluding hydrogens is 262 g/mol. The van der Waals surface area contributed by atoms with Crippen LogP contribution < -0.4 is 10.6 Å². The molecule has 1 saturated carbocycles. The molecule has 0 bridgehead atoms. The highest BCUT2D eigenvalue weighted by molar-refractivity contribution is 5.80. The second-order valence-corrected chi connectivity index (χ2v) is 5.26. The first kappa shape index (κ1) is 13.4. The van der Waals surface area contributed by atoms with Crippen molar-refractivity contribution < 1.29 is 0 Å². The second-order valence-electron chi connectivity index (χ2n) is 5.26. The number of nitriles is 1. The number of nitrogens with zero attached hydrogens (tertiary/aromatic N) is 3. The summed E-state index contributed by atoms with van der Waals surface area (Å²) in [5, 5.41) is 15.9. The molecular formula is C16H17N5. The van der Waals surface area contributed by atoms with E-state index in [1.54, 1.807) is 12.4 Å². The van der Waals surface area contributed by atoms with Gasteiger partial charge in [-0.15, -0.1) is 0 Å². The van der Waals surface area contributed by atoms with E-state index in [1.165, 1.54) is 6.42 Å². The monoisotopic (exact) mass is 279 g/mol. The van der Waals surface area contributed by atoms with Gasteiger partial charge in [-0.3, -0.25) is 0 Å². The molecule has 1 aromatic rings. The average molecular weight is 279 g/mol. The van der Waals surface area contributed by atoms with Gasteiger partial charge in [0, 0.05) is 18.4 Å². The molecule has 0 amide bonds. The minimum absolute atomic E-state index is 0.467. The SMILES string of the molecule is Cc1cnc(NC2CCC2)nc1/C(C#N)=C1/C=CC=CN1. The van der Waals surface area contributed by atoms with Gasteiger partial charge < -0.3 is 10.6 Å². The van der Waals surface area contributed by atoms with Gasteiger partial charge in [0.15, 0.2) is 0 Å². The fourth-order valence-corrected chi connectivity index (χ4v) is 2.29. The van der Waals surface area contributed by atoms with E-state index in [0.29, 0.717) is 23.3 Å². The molecule has 3 rings (SSSR count). The highest BCUT2D eigenvalue weighted by atomic mass is 15.1. The Morgan fingerprint density at radius 3 is 2.90 bits per heavy atom. The molecule has 2 aliphatic rings. The Bertz CT molecular complexity index is 674. The van der Waals surface area contributed by atoms with Gasteiger partial charge in [-0.05, 0) is 43.9 Å². The van der Waals surface area contributed by atoms with Crippen LogP contribution in [0.1, 0.15) is 30.5 Å². The minimum atomic E-state index is 0.467. The summed E-state index contributed by atoms with van der Waals surface area (Å²) in [4.78, 5) is 8.86. The maximum atomic E-state index is 9.50. The van der Waals surface area contributed by atoms with E-state index in [1.807, 2.05) is 25.2 Å². The molecule has 0 atom stereocenters. The maximum absolute atomic E-state index is 9.50. The van der Waals surface area contributed by atoms with E-state index >= 15 is 0 Å². The molecule has 5 heteroatoms. The number of aromatic nitrogens is 2. The summed E-state index contributed by atoms with van der Waals surface area (Å²) in [6.07, 6.45) is 12.8. The number of hydrogen-bond donors (Lipinski definition) is 2. The Kier molecular flexibility index (Phi) is 3.69. The summed E-state index contributed by atoms with van der Waals surface area (Å²) in [6, 6.07) is 2.72. The zero-order valence-corrected chi connectivity index (χ0v) is 11.9. The van der Waals surface area contributed by atoms with Gasteiger partial charge in [0.05, 0.1) is 11.4 Å². The fraction of sp³-hybridized carbons (Fsp3) is 0.312. The summed E-state index contributed by atoms with van der Waals surface area (Å²) in [6.45, 7) is 1.92. The molecule has 106 valence electrons. The van der Waals surface area contributed by atoms with Gasteiger partial charge in [-0.25, -0.2) is 9.97 Å². The van der Waals surface area contributed by atoms with Gasteiger partial charge in [-0.2, -0.15) is 5.26 Å². The maximum Gasteiger partial charge on any atom is 0.223 e. The van der Waals surface area contributed by atoms with E-state index in [-0.39, 0.29) is 0 Å². The number of dihydropyridines is 1. The number of allylic oxidation sites excluding steroid dienone is 4. The third-order valence-electron chi connectivity index (χ3n) is 3.74. The zero-order valence-electron chi connectivity index (χ0n) is 11.9. The molecule has 0 unspecified atom stereocenters. The first-order valence-corrected chi connectivity index (χ1v) is 7.12. The smallest absolute Gasteiger partial charge is 0.223 e. The standard InChI is InChI=1S/C16H17N5/c1-11-10-19-16(20-12-5-4-6-12)21-15(11)13(9-17)14-7-2-3-8-18-14/h2-3,7-8,10,12,18H,4-6H2,1H3,(H,19,20,21)/b14-13-. The van der Waals surface area contributed by atoms with Crippen molar-refractivity contribution in [3.63, 3.8) is 0 Å². The van der Waals surface area contributed by atoms with Crippen LogP contribution in [0.3, 0.4) is 0 Å². The summed E-state index contributed by atoms with van der Waals surface area (Å²) >= 11 is 0. The largest absolute Gasteiger partial charge is 0.361 e. The van der Waals surface area contributed by atoms with Crippen molar-refractivity contribution in [2.75, 3.05) is 5.32 Å². The first-order chi connectivity index (χ1) is 10.3. The van der Waals surface area contributed by atoms with Crippen molar-refractivity contribution in [2.24, 2.45) is 0 Å². The average Bonchev–Trinajstić information content (AvgIpc) is 2.48. The van der Waals surface area contributed by atoms with Crippen molar-refractivity contribution in [2.45, 2.75) is 32.2 Å². The zero-order chi connectivity index (χ0) is 14.7. The third-order valence-corrected chi connectivity index (χ3v) is 3.74. The van der Waals surface area contributed by atoms with Crippen LogP contribution in [0.2, 0.25) is 0 Å². The normalized spacial score (nSPS) is 19.4. The summed E-state index contributed by atoms with van der Waals surface area (Å²) in [7, 11) is 0. The fourth-order valence-electron chi connectivity index (χ4n) is 2.29. The van der Waals surface area contributed by atoms with Gasteiger partial charge >= 0.3 is 0 Å². The first-order valence-electron chi connectivity index (χ1n) is 7.12. The Labute approximate surface area is 124 Å². The highest BCUT2D eigenvalue weighted by Gasteiger charge is 2.19. The second kappa shape index (κ2) is 5.80. The van der Waals surface area contributed by atoms with E-state index < -0.39 is 0 Å². The summed E-state index contributed by atoms with van der Waals surface area (Å²) in [5.74, 6) is 0.601. The molecule has 0 saturated heterocycles. The lowest BCUT2D eigenvalue weighted by atomic mass is 9.93. The van der Waals surface area contributed by atoms with E-state index in [9.17, 15) is 5.26 Å². The molecule has 0 aromatic carbocycles. The van der Waals surface area contributed by atoms with Crippen LogP contribution in [-0.4, -0.2) is 16.0 Å². The van der Waals surface area contributed by atoms with E-state index in [0.717, 1.165) is 24.1 Å². The van der Waals surface area contributed by atoms with Crippen molar-refractivity contribution in [3.05, 3.63) is 47.6 Å². The molecule has 2 N–H and O–H groups in total. The molecule has 2 heterocycles. The predicted octanol–water partition coefficient (Wildman–Crippen LogP) is 2.66. The van der Waals surface area contributed by atoms with Gasteiger partial charge in [0.25, 0.3) is 0 Å². The van der Waals surface area contributed by atoms with Gasteiger partial charge in [-0.1, -0.05) is 6.08 Å².